The second-order valence-electron chi connectivity index (χ2n) is 7.31. The number of pyridine rings is 3. The lowest BCUT2D eigenvalue weighted by Crippen LogP contribution is -2.20. The summed E-state index contributed by atoms with van der Waals surface area (Å²) in [4.78, 5) is 33.9. The van der Waals surface area contributed by atoms with Gasteiger partial charge >= 0.3 is 0 Å². The third-order valence-corrected chi connectivity index (χ3v) is 5.03. The van der Waals surface area contributed by atoms with E-state index in [0.29, 0.717) is 34.0 Å². The maximum atomic E-state index is 12.8. The molecule has 0 atom stereocenters. The second kappa shape index (κ2) is 7.94. The van der Waals surface area contributed by atoms with Crippen LogP contribution in [0, 0.1) is 6.92 Å². The van der Waals surface area contributed by atoms with Crippen LogP contribution in [-0.4, -0.2) is 32.1 Å². The molecule has 0 aliphatic carbocycles. The topological polar surface area (TPSA) is 106 Å². The number of nitrogens with zero attached hydrogens (tertiary/aromatic N) is 4. The van der Waals surface area contributed by atoms with E-state index in [1.165, 1.54) is 10.8 Å². The fraction of sp³-hybridized carbons (Fsp3) is 0.182. The lowest BCUT2D eigenvalue weighted by atomic mass is 10.2. The van der Waals surface area contributed by atoms with Crippen molar-refractivity contribution in [2.24, 2.45) is 14.1 Å². The summed E-state index contributed by atoms with van der Waals surface area (Å²) in [5.74, 6) is 0.860. The summed E-state index contributed by atoms with van der Waals surface area (Å²) in [6, 6.07) is 7.40. The number of carbonyl (C=O) groups is 1. The number of nitrogens with one attached hydrogen (secondary N) is 3. The van der Waals surface area contributed by atoms with Gasteiger partial charge in [0.05, 0.1) is 27.8 Å². The maximum absolute atomic E-state index is 12.8. The Bertz CT molecular complexity index is 1340. The SMILES string of the molecule is CNC(=O)c1cnc(Nc2ccc(C)cn2)cc1Nc1cn(C)c2ccn(C)c(=O)c12. The van der Waals surface area contributed by atoms with Crippen LogP contribution in [0.4, 0.5) is 23.0 Å². The molecule has 0 unspecified atom stereocenters. The van der Waals surface area contributed by atoms with Gasteiger partial charge in [-0.2, -0.15) is 0 Å². The molecule has 9 heteroatoms. The van der Waals surface area contributed by atoms with Crippen LogP contribution in [0.5, 0.6) is 0 Å². The minimum absolute atomic E-state index is 0.127. The Hall–Kier alpha value is -4.14. The van der Waals surface area contributed by atoms with Crippen molar-refractivity contribution >= 4 is 39.8 Å². The summed E-state index contributed by atoms with van der Waals surface area (Å²) in [5, 5.41) is 9.57. The number of carbonyl (C=O) groups excluding carboxylic acids is 1. The molecule has 0 spiro atoms. The fourth-order valence-electron chi connectivity index (χ4n) is 3.35. The average molecular weight is 417 g/mol. The molecule has 0 aromatic carbocycles. The lowest BCUT2D eigenvalue weighted by molar-refractivity contribution is 0.0963. The van der Waals surface area contributed by atoms with Gasteiger partial charge in [0.25, 0.3) is 11.5 Å². The molecule has 1 amide bonds. The summed E-state index contributed by atoms with van der Waals surface area (Å²) < 4.78 is 3.39. The molecule has 31 heavy (non-hydrogen) atoms. The predicted molar refractivity (Wildman–Crippen MR) is 121 cm³/mol. The van der Waals surface area contributed by atoms with E-state index in [1.807, 2.05) is 42.9 Å². The van der Waals surface area contributed by atoms with Gasteiger partial charge in [0.2, 0.25) is 0 Å². The van der Waals surface area contributed by atoms with Crippen molar-refractivity contribution in [1.82, 2.24) is 24.4 Å². The first-order chi connectivity index (χ1) is 14.9. The van der Waals surface area contributed by atoms with Crippen molar-refractivity contribution in [3.63, 3.8) is 0 Å². The molecule has 0 fully saturated rings. The molecule has 4 heterocycles. The van der Waals surface area contributed by atoms with Crippen LogP contribution in [0.25, 0.3) is 10.9 Å². The second-order valence-corrected chi connectivity index (χ2v) is 7.31. The normalized spacial score (nSPS) is 10.8. The van der Waals surface area contributed by atoms with E-state index in [9.17, 15) is 9.59 Å². The number of fused-ring (bicyclic) bond motifs is 1. The summed E-state index contributed by atoms with van der Waals surface area (Å²) in [5.41, 5.74) is 3.20. The molecule has 4 aromatic rings. The Morgan fingerprint density at radius 1 is 0.968 bits per heavy atom. The summed E-state index contributed by atoms with van der Waals surface area (Å²) in [6.07, 6.45) is 6.80. The Morgan fingerprint density at radius 3 is 2.45 bits per heavy atom. The first-order valence-electron chi connectivity index (χ1n) is 9.71. The molecular weight excluding hydrogens is 394 g/mol. The number of aromatic nitrogens is 4. The standard InChI is InChI=1S/C22H23N7O2/c1-13-5-6-18(24-10-13)27-19-9-15(14(11-25-19)21(30)23-2)26-16-12-29(4)17-7-8-28(3)22(31)20(16)17/h5-12H,1-4H3,(H,23,30)(H2,24,25,26,27). The van der Waals surface area contributed by atoms with Crippen LogP contribution >= 0.6 is 0 Å². The smallest absolute Gasteiger partial charge is 0.261 e. The molecule has 0 bridgehead atoms. The molecule has 4 aromatic heterocycles. The van der Waals surface area contributed by atoms with Crippen molar-refractivity contribution in [2.45, 2.75) is 6.92 Å². The molecule has 3 N–H and O–H groups in total. The number of rotatable bonds is 5. The van der Waals surface area contributed by atoms with Gasteiger partial charge in [-0.25, -0.2) is 9.97 Å². The third kappa shape index (κ3) is 3.85. The molecule has 0 aliphatic heterocycles. The molecular formula is C22H23N7O2. The van der Waals surface area contributed by atoms with Gasteiger partial charge in [-0.3, -0.25) is 9.59 Å². The molecule has 9 nitrogen and oxygen atoms in total. The van der Waals surface area contributed by atoms with Crippen molar-refractivity contribution < 1.29 is 4.79 Å². The Kier molecular flexibility index (Phi) is 5.16. The fourth-order valence-corrected chi connectivity index (χ4v) is 3.35. The van der Waals surface area contributed by atoms with E-state index in [0.717, 1.165) is 11.1 Å². The number of anilines is 4. The number of hydrogen-bond acceptors (Lipinski definition) is 6. The highest BCUT2D eigenvalue weighted by Gasteiger charge is 2.17. The van der Waals surface area contributed by atoms with Crippen LogP contribution in [0.15, 0.2) is 53.8 Å². The molecule has 0 radical (unpaired) electrons. The minimum Gasteiger partial charge on any atom is -0.355 e. The van der Waals surface area contributed by atoms with Gasteiger partial charge in [0.15, 0.2) is 0 Å². The molecule has 0 aliphatic rings. The number of amides is 1. The molecule has 0 saturated carbocycles. The number of hydrogen-bond donors (Lipinski definition) is 3. The average Bonchev–Trinajstić information content (AvgIpc) is 3.07. The third-order valence-electron chi connectivity index (χ3n) is 5.03. The largest absolute Gasteiger partial charge is 0.355 e. The molecule has 4 rings (SSSR count). The van der Waals surface area contributed by atoms with Crippen molar-refractivity contribution in [2.75, 3.05) is 17.7 Å². The van der Waals surface area contributed by atoms with Gasteiger partial charge in [-0.15, -0.1) is 0 Å². The zero-order valence-corrected chi connectivity index (χ0v) is 17.7. The van der Waals surface area contributed by atoms with Gasteiger partial charge in [0.1, 0.15) is 11.6 Å². The van der Waals surface area contributed by atoms with E-state index in [4.69, 9.17) is 0 Å². The quantitative estimate of drug-likeness (QED) is 0.461. The van der Waals surface area contributed by atoms with Crippen LogP contribution in [0.3, 0.4) is 0 Å². The van der Waals surface area contributed by atoms with Crippen molar-refractivity contribution in [1.29, 1.82) is 0 Å². The molecule has 158 valence electrons. The van der Waals surface area contributed by atoms with E-state index >= 15 is 0 Å². The van der Waals surface area contributed by atoms with Crippen LogP contribution in [0.1, 0.15) is 15.9 Å². The monoisotopic (exact) mass is 417 g/mol. The zero-order chi connectivity index (χ0) is 22.1. The van der Waals surface area contributed by atoms with Gasteiger partial charge in [-0.1, -0.05) is 6.07 Å². The van der Waals surface area contributed by atoms with Crippen molar-refractivity contribution in [3.8, 4) is 0 Å². The Morgan fingerprint density at radius 2 is 1.74 bits per heavy atom. The van der Waals surface area contributed by atoms with Gasteiger partial charge in [-0.05, 0) is 24.6 Å². The van der Waals surface area contributed by atoms with E-state index in [2.05, 4.69) is 25.9 Å². The van der Waals surface area contributed by atoms with Crippen LogP contribution in [-0.2, 0) is 14.1 Å². The van der Waals surface area contributed by atoms with E-state index in [-0.39, 0.29) is 11.5 Å². The molecule has 0 saturated heterocycles. The van der Waals surface area contributed by atoms with E-state index in [1.54, 1.807) is 32.6 Å². The van der Waals surface area contributed by atoms with Crippen LogP contribution in [0.2, 0.25) is 0 Å². The van der Waals surface area contributed by atoms with Gasteiger partial charge in [0, 0.05) is 52.0 Å². The first kappa shape index (κ1) is 20.1. The maximum Gasteiger partial charge on any atom is 0.261 e. The Labute approximate surface area is 178 Å². The lowest BCUT2D eigenvalue weighted by Gasteiger charge is -2.13. The minimum atomic E-state index is -0.289. The highest BCUT2D eigenvalue weighted by molar-refractivity contribution is 6.02. The highest BCUT2D eigenvalue weighted by atomic mass is 16.1. The summed E-state index contributed by atoms with van der Waals surface area (Å²) in [6.45, 7) is 1.96. The highest BCUT2D eigenvalue weighted by Crippen LogP contribution is 2.29. The van der Waals surface area contributed by atoms with Crippen LogP contribution < -0.4 is 21.5 Å². The predicted octanol–water partition coefficient (Wildman–Crippen LogP) is 2.82. The zero-order valence-electron chi connectivity index (χ0n) is 17.7. The van der Waals surface area contributed by atoms with E-state index < -0.39 is 0 Å². The van der Waals surface area contributed by atoms with Gasteiger partial charge < -0.3 is 25.1 Å². The summed E-state index contributed by atoms with van der Waals surface area (Å²) >= 11 is 0. The Balaban J connectivity index is 1.78. The number of aryl methyl sites for hydroxylation is 3. The van der Waals surface area contributed by atoms with Crippen molar-refractivity contribution in [3.05, 3.63) is 70.5 Å². The first-order valence-corrected chi connectivity index (χ1v) is 9.71. The summed E-state index contributed by atoms with van der Waals surface area (Å²) in [7, 11) is 5.13.